The number of carbonyl (C=O) groups excluding carboxylic acids is 5. The predicted octanol–water partition coefficient (Wildman–Crippen LogP) is 18.1. The van der Waals surface area contributed by atoms with Gasteiger partial charge in [0.1, 0.15) is 46.6 Å². The fourth-order valence-electron chi connectivity index (χ4n) is 9.50. The van der Waals surface area contributed by atoms with E-state index in [4.69, 9.17) is 72.6 Å². The summed E-state index contributed by atoms with van der Waals surface area (Å²) in [4.78, 5) is 62.2. The van der Waals surface area contributed by atoms with Crippen LogP contribution in [0.25, 0.3) is 5.65 Å². The number of alkyl halides is 2. The quantitative estimate of drug-likeness (QED) is 0.0414. The largest absolute Gasteiger partial charge is 0.507 e. The molecule has 4 N–H and O–H groups in total. The van der Waals surface area contributed by atoms with Gasteiger partial charge in [-0.2, -0.15) is 5.10 Å². The second-order valence-electron chi connectivity index (χ2n) is 22.7. The van der Waals surface area contributed by atoms with Crippen molar-refractivity contribution >= 4 is 137 Å². The number of fused-ring (bicyclic) bond motifs is 3. The lowest BCUT2D eigenvalue weighted by Gasteiger charge is -2.25. The van der Waals surface area contributed by atoms with Gasteiger partial charge in [0.05, 0.1) is 35.5 Å². The molecule has 4 heterocycles. The molecule has 5 aromatic carbocycles. The van der Waals surface area contributed by atoms with E-state index in [-0.39, 0.29) is 63.1 Å². The van der Waals surface area contributed by atoms with Crippen molar-refractivity contribution in [1.82, 2.24) is 19.9 Å². The molecule has 7 aromatic rings. The van der Waals surface area contributed by atoms with Gasteiger partial charge in [-0.15, -0.1) is 0 Å². The number of aromatic nitrogens is 3. The Morgan fingerprint density at radius 2 is 1.29 bits per heavy atom. The lowest BCUT2D eigenvalue weighted by atomic mass is 9.89. The van der Waals surface area contributed by atoms with Crippen molar-refractivity contribution in [3.8, 4) is 23.0 Å². The first-order valence-electron chi connectivity index (χ1n) is 27.9. The summed E-state index contributed by atoms with van der Waals surface area (Å²) in [6.07, 6.45) is 6.55. The second-order valence-corrected chi connectivity index (χ2v) is 26.3. The van der Waals surface area contributed by atoms with Crippen molar-refractivity contribution in [3.05, 3.63) is 208 Å². The van der Waals surface area contributed by atoms with Crippen molar-refractivity contribution in [2.45, 2.75) is 107 Å². The Balaban J connectivity index is 0.000000206. The molecule has 472 valence electrons. The lowest BCUT2D eigenvalue weighted by molar-refractivity contribution is 0.0838. The lowest BCUT2D eigenvalue weighted by Crippen LogP contribution is -2.44. The number of benzene rings is 5. The van der Waals surface area contributed by atoms with Gasteiger partial charge in [0, 0.05) is 69.7 Å². The number of allylic oxidation sites excluding steroid dienone is 2. The minimum atomic E-state index is -0.538. The molecular formula is C68H72BrCl5IN5O9. The summed E-state index contributed by atoms with van der Waals surface area (Å²) < 4.78 is 14.5. The maximum atomic E-state index is 12.7. The molecule has 0 radical (unpaired) electrons. The Labute approximate surface area is 567 Å². The Hall–Kier alpha value is -6.25. The first kappa shape index (κ1) is 73.5. The van der Waals surface area contributed by atoms with E-state index in [1.165, 1.54) is 67.9 Å². The molecular weight excluding hydrogens is 1410 g/mol. The topological polar surface area (TPSA) is 199 Å². The van der Waals surface area contributed by atoms with Crippen LogP contribution in [0.5, 0.6) is 23.0 Å². The van der Waals surface area contributed by atoms with Crippen molar-refractivity contribution in [2.24, 2.45) is 5.41 Å². The number of ketones is 4. The normalized spacial score (nSPS) is 16.4. The maximum Gasteiger partial charge on any atom is 0.256 e. The van der Waals surface area contributed by atoms with E-state index < -0.39 is 5.60 Å². The number of anilines is 1. The van der Waals surface area contributed by atoms with Crippen LogP contribution in [0.2, 0.25) is 25.1 Å². The molecule has 1 aliphatic carbocycles. The molecule has 21 heteroatoms. The van der Waals surface area contributed by atoms with Crippen LogP contribution in [0.3, 0.4) is 0 Å². The second kappa shape index (κ2) is 32.7. The number of Topliss-reactive ketones (excluding diaryl/α,β-unsaturated/α-hetero) is 4. The Kier molecular flexibility index (Phi) is 27.0. The summed E-state index contributed by atoms with van der Waals surface area (Å²) in [5.74, 6) is 1.47. The maximum absolute atomic E-state index is 12.7. The van der Waals surface area contributed by atoms with Gasteiger partial charge in [-0.3, -0.25) is 24.0 Å². The van der Waals surface area contributed by atoms with Crippen LogP contribution in [0.15, 0.2) is 128 Å². The van der Waals surface area contributed by atoms with E-state index >= 15 is 0 Å². The molecule has 2 aromatic heterocycles. The van der Waals surface area contributed by atoms with E-state index in [9.17, 15) is 29.1 Å². The molecule has 4 bridgehead atoms. The molecule has 3 atom stereocenters. The Morgan fingerprint density at radius 1 is 0.730 bits per heavy atom. The molecule has 0 fully saturated rings. The summed E-state index contributed by atoms with van der Waals surface area (Å²) in [5.41, 5.74) is 10.7. The predicted molar refractivity (Wildman–Crippen MR) is 373 cm³/mol. The zero-order valence-corrected chi connectivity index (χ0v) is 58.8. The monoisotopic (exact) mass is 1480 g/mol. The Morgan fingerprint density at radius 3 is 1.87 bits per heavy atom. The molecule has 10 rings (SSSR count). The van der Waals surface area contributed by atoms with Crippen LogP contribution in [-0.2, 0) is 25.7 Å². The third-order valence-corrected chi connectivity index (χ3v) is 17.7. The molecule has 0 spiro atoms. The molecule has 2 aliphatic heterocycles. The number of hydrogen-bond acceptors (Lipinski definition) is 12. The van der Waals surface area contributed by atoms with Gasteiger partial charge in [-0.25, -0.2) is 9.50 Å². The smallest absolute Gasteiger partial charge is 0.256 e. The molecule has 3 aliphatic rings. The van der Waals surface area contributed by atoms with E-state index in [1.54, 1.807) is 41.9 Å². The fraction of sp³-hybridized carbons (Fsp3) is 0.309. The van der Waals surface area contributed by atoms with Crippen molar-refractivity contribution < 1.29 is 43.7 Å². The van der Waals surface area contributed by atoms with E-state index in [0.29, 0.717) is 85.0 Å². The standard InChI is InChI=1S/C19H18ClN5O2.C13H14ClIO.2C12H13ClO2.C8H7ClO2.C4H7Br/c1-10-13-6-12(20)5-11-7-19(2,27-16(11)13)9-21-18(26)14-8-22-25-4-3-15(23-10)24-17(14)25;1-8(16)11-4-10(14)3-9-5-13(2,7-15)6-12(9)11;1-7(2)4-9-5-10(13)6-11(8(3)14)12(9)15;1-8(2)7-15-12-5-4-10(13)6-11(12)9(3)14;1-5(10)7-4-6(9)2-3-8(7)11;1-4(2)3-5/h3-6,8,10H,7,9H2,1-2H3,(H,21,26)(H,23,24);3-4H,5-7H2,1-2H3;5-6,15H,1,4H2,2-3H3;4-6H,1,7H2,2-3H3;2-4,11H,1H3;1,3H2,2H3/t10-,19?;;;;;/m1...../s1. The van der Waals surface area contributed by atoms with Crippen molar-refractivity contribution in [3.63, 3.8) is 0 Å². The minimum absolute atomic E-state index is 0.00917. The van der Waals surface area contributed by atoms with Crippen LogP contribution < -0.4 is 20.1 Å². The summed E-state index contributed by atoms with van der Waals surface area (Å²) in [6, 6.07) is 21.9. The van der Waals surface area contributed by atoms with Crippen LogP contribution in [0, 0.1) is 5.41 Å². The number of ether oxygens (including phenoxy) is 2. The molecule has 0 saturated carbocycles. The van der Waals surface area contributed by atoms with Gasteiger partial charge in [-0.05, 0) is 183 Å². The number of carbonyl (C=O) groups is 5. The van der Waals surface area contributed by atoms with Gasteiger partial charge < -0.3 is 30.3 Å². The van der Waals surface area contributed by atoms with E-state index in [0.717, 1.165) is 56.2 Å². The Bertz CT molecular complexity index is 3870. The van der Waals surface area contributed by atoms with E-state index in [2.05, 4.69) is 85.9 Å². The zero-order chi connectivity index (χ0) is 66.4. The first-order chi connectivity index (χ1) is 41.7. The number of phenols is 2. The molecule has 89 heavy (non-hydrogen) atoms. The number of nitrogens with zero attached hydrogens (tertiary/aromatic N) is 3. The average Bonchev–Trinajstić information content (AvgIpc) is 2.07. The highest BCUT2D eigenvalue weighted by molar-refractivity contribution is 14.1. The van der Waals surface area contributed by atoms with Crippen molar-refractivity contribution in [1.29, 1.82) is 0 Å². The molecule has 2 unspecified atom stereocenters. The zero-order valence-electron chi connectivity index (χ0n) is 51.3. The van der Waals surface area contributed by atoms with Gasteiger partial charge in [0.25, 0.3) is 5.91 Å². The molecule has 14 nitrogen and oxygen atoms in total. The molecule has 1 amide bonds. The number of aromatic hydroxyl groups is 2. The van der Waals surface area contributed by atoms with Crippen molar-refractivity contribution in [2.75, 3.05) is 28.2 Å². The highest BCUT2D eigenvalue weighted by atomic mass is 127. The number of nitrogens with one attached hydrogen (secondary N) is 2. The van der Waals surface area contributed by atoms with Crippen LogP contribution >= 0.6 is 96.5 Å². The summed E-state index contributed by atoms with van der Waals surface area (Å²) in [7, 11) is 0. The molecule has 0 saturated heterocycles. The third kappa shape index (κ3) is 20.9. The number of rotatable bonds is 11. The number of hydrogen-bond donors (Lipinski definition) is 4. The number of halogens is 7. The summed E-state index contributed by atoms with van der Waals surface area (Å²) in [6.45, 7) is 29.8. The van der Waals surface area contributed by atoms with Gasteiger partial charge in [0.2, 0.25) is 0 Å². The number of amides is 1. The van der Waals surface area contributed by atoms with Gasteiger partial charge >= 0.3 is 0 Å². The average molecular weight is 1490 g/mol. The van der Waals surface area contributed by atoms with Crippen LogP contribution in [0.4, 0.5) is 5.82 Å². The number of phenolic OH excluding ortho intramolecular Hbond substituents is 2. The van der Waals surface area contributed by atoms with Gasteiger partial charge in [0.15, 0.2) is 28.8 Å². The van der Waals surface area contributed by atoms with E-state index in [1.807, 2.05) is 65.0 Å². The summed E-state index contributed by atoms with van der Waals surface area (Å²) >= 11 is 35.3. The van der Waals surface area contributed by atoms with Crippen LogP contribution in [-0.4, -0.2) is 82.4 Å². The fourth-order valence-corrected chi connectivity index (χ4v) is 11.1. The van der Waals surface area contributed by atoms with Crippen LogP contribution in [0.1, 0.15) is 155 Å². The highest BCUT2D eigenvalue weighted by Crippen LogP contribution is 2.44. The van der Waals surface area contributed by atoms with Gasteiger partial charge in [-0.1, -0.05) is 134 Å². The highest BCUT2D eigenvalue weighted by Gasteiger charge is 2.39. The summed E-state index contributed by atoms with van der Waals surface area (Å²) in [5, 5.41) is 33.2. The SMILES string of the molecule is C=C(C)CBr.C=C(C)COc1ccc(Cl)cc1C(C)=O.C=C(C)Cc1cc(Cl)cc(C(C)=O)c1O.CC(=O)c1cc(Cl)cc2c1CC(C)(CI)C2.CC(=O)c1cc(Cl)ccc1O.C[C@H]1Nc2ccn3ncc(c3n2)C(=O)NCC2(C)Cc3cc(Cl)cc1c3O2. The first-order valence-corrected chi connectivity index (χ1v) is 32.4. The third-order valence-electron chi connectivity index (χ3n) is 13.8. The minimum Gasteiger partial charge on any atom is -0.507 e.